The number of nitrogens with two attached hydrogens (primary N) is 1. The molecule has 0 radical (unpaired) electrons. The number of sulfonamides is 1. The van der Waals surface area contributed by atoms with Gasteiger partial charge in [0.15, 0.2) is 5.60 Å². The Morgan fingerprint density at radius 1 is 1.24 bits per heavy atom. The highest BCUT2D eigenvalue weighted by atomic mass is 35.5. The first-order chi connectivity index (χ1) is 15.4. The van der Waals surface area contributed by atoms with Crippen LogP contribution >= 0.6 is 11.6 Å². The van der Waals surface area contributed by atoms with Gasteiger partial charge < -0.3 is 15.0 Å². The van der Waals surface area contributed by atoms with Crippen LogP contribution in [0.3, 0.4) is 0 Å². The largest absolute Gasteiger partial charge is 0.478 e. The fourth-order valence-corrected chi connectivity index (χ4v) is 5.23. The van der Waals surface area contributed by atoms with Gasteiger partial charge in [-0.25, -0.2) is 22.9 Å². The fourth-order valence-electron chi connectivity index (χ4n) is 4.60. The molecule has 33 heavy (non-hydrogen) atoms. The molecule has 2 aliphatic heterocycles. The number of nitrogens with zero attached hydrogens (tertiary/aromatic N) is 2. The summed E-state index contributed by atoms with van der Waals surface area (Å²) in [5.41, 5.74) is -1.18. The molecule has 0 saturated carbocycles. The predicted molar refractivity (Wildman–Crippen MR) is 122 cm³/mol. The highest BCUT2D eigenvalue weighted by Crippen LogP contribution is 2.39. The van der Waals surface area contributed by atoms with Crippen molar-refractivity contribution < 1.29 is 22.3 Å². The molecule has 3 N–H and O–H groups in total. The maximum Gasteiger partial charge on any atom is 0.263 e. The van der Waals surface area contributed by atoms with Crippen molar-refractivity contribution >= 4 is 33.3 Å². The number of benzene rings is 1. The van der Waals surface area contributed by atoms with Crippen molar-refractivity contribution in [2.24, 2.45) is 5.14 Å². The van der Waals surface area contributed by atoms with Gasteiger partial charge in [0.25, 0.3) is 5.91 Å². The third-order valence-electron chi connectivity index (χ3n) is 6.19. The van der Waals surface area contributed by atoms with E-state index in [1.165, 1.54) is 30.5 Å². The van der Waals surface area contributed by atoms with E-state index in [9.17, 15) is 17.6 Å². The molecule has 2 aliphatic rings. The van der Waals surface area contributed by atoms with Gasteiger partial charge in [-0.05, 0) is 63.8 Å². The maximum absolute atomic E-state index is 13.4. The molecule has 3 atom stereocenters. The zero-order valence-corrected chi connectivity index (χ0v) is 19.9. The van der Waals surface area contributed by atoms with E-state index in [-0.39, 0.29) is 34.0 Å². The number of carbonyl (C=O) groups is 1. The van der Waals surface area contributed by atoms with Crippen LogP contribution in [0.25, 0.3) is 0 Å². The molecule has 1 aromatic carbocycles. The van der Waals surface area contributed by atoms with Gasteiger partial charge in [-0.3, -0.25) is 4.79 Å². The summed E-state index contributed by atoms with van der Waals surface area (Å²) in [6, 6.07) is 7.45. The van der Waals surface area contributed by atoms with Gasteiger partial charge in [0, 0.05) is 30.4 Å². The summed E-state index contributed by atoms with van der Waals surface area (Å²) < 4.78 is 42.2. The first-order valence-corrected chi connectivity index (χ1v) is 12.6. The summed E-state index contributed by atoms with van der Waals surface area (Å²) in [4.78, 5) is 19.5. The van der Waals surface area contributed by atoms with Crippen molar-refractivity contribution in [2.75, 3.05) is 4.90 Å². The molecule has 4 rings (SSSR count). The summed E-state index contributed by atoms with van der Waals surface area (Å²) in [7, 11) is -3.79. The van der Waals surface area contributed by atoms with Gasteiger partial charge in [-0.2, -0.15) is 0 Å². The normalized spacial score (nSPS) is 22.8. The Morgan fingerprint density at radius 3 is 2.45 bits per heavy atom. The monoisotopic (exact) mass is 496 g/mol. The number of anilines is 1. The lowest BCUT2D eigenvalue weighted by atomic mass is 9.96. The molecule has 178 valence electrons. The van der Waals surface area contributed by atoms with Gasteiger partial charge in [0.1, 0.15) is 22.3 Å². The van der Waals surface area contributed by atoms with Gasteiger partial charge in [0.05, 0.1) is 5.02 Å². The number of pyridine rings is 1. The van der Waals surface area contributed by atoms with E-state index in [4.69, 9.17) is 21.5 Å². The van der Waals surface area contributed by atoms with Crippen LogP contribution in [0.5, 0.6) is 5.75 Å². The number of primary sulfonamides is 1. The Balaban J connectivity index is 1.40. The zero-order valence-electron chi connectivity index (χ0n) is 18.3. The smallest absolute Gasteiger partial charge is 0.263 e. The second-order valence-electron chi connectivity index (χ2n) is 9.02. The molecule has 0 spiro atoms. The Bertz CT molecular complexity index is 1150. The maximum atomic E-state index is 13.4. The number of rotatable bonds is 6. The number of hydrogen-bond donors (Lipinski definition) is 2. The topological polar surface area (TPSA) is 115 Å². The average Bonchev–Trinajstić information content (AvgIpc) is 3.00. The summed E-state index contributed by atoms with van der Waals surface area (Å²) in [5, 5.41) is 8.18. The minimum Gasteiger partial charge on any atom is -0.478 e. The Hall–Kier alpha value is -2.43. The van der Waals surface area contributed by atoms with Gasteiger partial charge >= 0.3 is 0 Å². The van der Waals surface area contributed by atoms with Crippen LogP contribution in [0.1, 0.15) is 39.5 Å². The molecule has 11 heteroatoms. The standard InChI is InChI=1S/C22H26ClFN4O4S/c1-22(2,32-16-5-7-19(24)18(23)11-16)21(29)27-13-9-14-3-4-15(10-13)28(14)20-8-6-17(12-26-20)33(25,30)31/h5-8,11-15H,3-4,9-10H2,1-2H3,(H,27,29)(H2,25,30,31)/t13?,14-,15+. The quantitative estimate of drug-likeness (QED) is 0.635. The molecule has 2 aromatic rings. The van der Waals surface area contributed by atoms with Crippen LogP contribution in [-0.4, -0.2) is 43.0 Å². The highest BCUT2D eigenvalue weighted by Gasteiger charge is 2.43. The summed E-state index contributed by atoms with van der Waals surface area (Å²) in [6.45, 7) is 3.31. The minimum atomic E-state index is -3.79. The lowest BCUT2D eigenvalue weighted by molar-refractivity contribution is -0.135. The number of halogens is 2. The van der Waals surface area contributed by atoms with Crippen LogP contribution in [0.15, 0.2) is 41.4 Å². The van der Waals surface area contributed by atoms with Crippen molar-refractivity contribution in [3.8, 4) is 5.75 Å². The molecule has 2 saturated heterocycles. The number of amides is 1. The average molecular weight is 497 g/mol. The molecule has 1 unspecified atom stereocenters. The molecule has 1 aromatic heterocycles. The second kappa shape index (κ2) is 8.73. The molecular weight excluding hydrogens is 471 g/mol. The highest BCUT2D eigenvalue weighted by molar-refractivity contribution is 7.89. The lowest BCUT2D eigenvalue weighted by Crippen LogP contribution is -2.55. The molecule has 0 aliphatic carbocycles. The van der Waals surface area contributed by atoms with Crippen LogP contribution in [0.2, 0.25) is 5.02 Å². The number of ether oxygens (including phenoxy) is 1. The van der Waals surface area contributed by atoms with E-state index < -0.39 is 21.4 Å². The molecule has 3 heterocycles. The van der Waals surface area contributed by atoms with Crippen molar-refractivity contribution in [3.63, 3.8) is 0 Å². The minimum absolute atomic E-state index is 0.0228. The Kier molecular flexibility index (Phi) is 6.28. The number of carbonyl (C=O) groups excluding carboxylic acids is 1. The Morgan fingerprint density at radius 2 is 1.91 bits per heavy atom. The van der Waals surface area contributed by atoms with E-state index in [2.05, 4.69) is 15.2 Å². The van der Waals surface area contributed by atoms with Crippen LogP contribution < -0.4 is 20.1 Å². The predicted octanol–water partition coefficient (Wildman–Crippen LogP) is 3.00. The summed E-state index contributed by atoms with van der Waals surface area (Å²) in [6.07, 6.45) is 4.67. The third-order valence-corrected chi connectivity index (χ3v) is 7.38. The van der Waals surface area contributed by atoms with Crippen molar-refractivity contribution in [3.05, 3.63) is 47.4 Å². The summed E-state index contributed by atoms with van der Waals surface area (Å²) in [5.74, 6) is 0.195. The van der Waals surface area contributed by atoms with Crippen LogP contribution in [0.4, 0.5) is 10.2 Å². The van der Waals surface area contributed by atoms with Gasteiger partial charge in [-0.1, -0.05) is 11.6 Å². The van der Waals surface area contributed by atoms with Crippen LogP contribution in [-0.2, 0) is 14.8 Å². The Labute approximate surface area is 197 Å². The fraction of sp³-hybridized carbons (Fsp3) is 0.455. The van der Waals surface area contributed by atoms with Crippen LogP contribution in [0, 0.1) is 5.82 Å². The van der Waals surface area contributed by atoms with Gasteiger partial charge in [-0.15, -0.1) is 0 Å². The number of piperidine rings is 1. The number of fused-ring (bicyclic) bond motifs is 2. The lowest BCUT2D eigenvalue weighted by Gasteiger charge is -2.40. The van der Waals surface area contributed by atoms with E-state index in [1.807, 2.05) is 0 Å². The SMILES string of the molecule is CC(C)(Oc1ccc(F)c(Cl)c1)C(=O)NC1C[C@H]2CC[C@@H](C1)N2c1ccc(S(N)(=O)=O)cn1. The first kappa shape index (κ1) is 23.7. The second-order valence-corrected chi connectivity index (χ2v) is 11.0. The van der Waals surface area contributed by atoms with Gasteiger partial charge in [0.2, 0.25) is 10.0 Å². The molecule has 2 fully saturated rings. The zero-order chi connectivity index (χ0) is 24.0. The number of aromatic nitrogens is 1. The third kappa shape index (κ3) is 5.07. The van der Waals surface area contributed by atoms with E-state index in [0.29, 0.717) is 11.6 Å². The molecular formula is C22H26ClFN4O4S. The van der Waals surface area contributed by atoms with Crippen molar-refractivity contribution in [1.82, 2.24) is 10.3 Å². The number of nitrogens with one attached hydrogen (secondary N) is 1. The molecule has 1 amide bonds. The van der Waals surface area contributed by atoms with Crippen molar-refractivity contribution in [2.45, 2.75) is 68.2 Å². The summed E-state index contributed by atoms with van der Waals surface area (Å²) >= 11 is 5.81. The van der Waals surface area contributed by atoms with Crippen molar-refractivity contribution in [1.29, 1.82) is 0 Å². The molecule has 2 bridgehead atoms. The first-order valence-electron chi connectivity index (χ1n) is 10.7. The molecule has 8 nitrogen and oxygen atoms in total. The number of hydrogen-bond acceptors (Lipinski definition) is 6. The van der Waals surface area contributed by atoms with E-state index in [1.54, 1.807) is 19.9 Å². The van der Waals surface area contributed by atoms with E-state index in [0.717, 1.165) is 25.7 Å². The van der Waals surface area contributed by atoms with E-state index >= 15 is 0 Å².